The van der Waals surface area contributed by atoms with Gasteiger partial charge in [-0.1, -0.05) is 30.4 Å². The Balaban J connectivity index is 1.60. The molecule has 0 amide bonds. The number of benzene rings is 1. The number of nitrogens with one attached hydrogen (secondary N) is 2. The molecule has 132 valence electrons. The van der Waals surface area contributed by atoms with Crippen LogP contribution in [0.2, 0.25) is 0 Å². The lowest BCUT2D eigenvalue weighted by molar-refractivity contribution is 0.698. The fourth-order valence-corrected chi connectivity index (χ4v) is 3.54. The predicted octanol–water partition coefficient (Wildman–Crippen LogP) is 3.94. The van der Waals surface area contributed by atoms with E-state index in [0.717, 1.165) is 25.6 Å². The van der Waals surface area contributed by atoms with Crippen LogP contribution in [0, 0.1) is 0 Å². The second-order valence-electron chi connectivity index (χ2n) is 6.12. The molecule has 2 heterocycles. The van der Waals surface area contributed by atoms with Gasteiger partial charge in [0.25, 0.3) is 0 Å². The molecule has 0 aliphatic carbocycles. The Labute approximate surface area is 154 Å². The van der Waals surface area contributed by atoms with Crippen LogP contribution in [-0.2, 0) is 6.54 Å². The highest BCUT2D eigenvalue weighted by atomic mass is 32.1. The molecular formula is C20H26N4S. The highest BCUT2D eigenvalue weighted by Gasteiger charge is 2.09. The van der Waals surface area contributed by atoms with Crippen molar-refractivity contribution in [1.29, 1.82) is 0 Å². The molecule has 0 spiro atoms. The predicted molar refractivity (Wildman–Crippen MR) is 108 cm³/mol. The molecule has 0 fully saturated rings. The minimum absolute atomic E-state index is 0.253. The van der Waals surface area contributed by atoms with E-state index in [1.165, 1.54) is 16.1 Å². The largest absolute Gasteiger partial charge is 0.364 e. The van der Waals surface area contributed by atoms with Crippen LogP contribution >= 0.6 is 11.3 Å². The smallest absolute Gasteiger partial charge is 0.192 e. The number of thiophene rings is 1. The van der Waals surface area contributed by atoms with Crippen molar-refractivity contribution < 1.29 is 0 Å². The van der Waals surface area contributed by atoms with Gasteiger partial charge in [-0.15, -0.1) is 11.3 Å². The zero-order valence-corrected chi connectivity index (χ0v) is 15.7. The maximum atomic E-state index is 4.73. The summed E-state index contributed by atoms with van der Waals surface area (Å²) in [7, 11) is 0. The molecule has 0 saturated carbocycles. The van der Waals surface area contributed by atoms with Crippen molar-refractivity contribution in [1.82, 2.24) is 10.6 Å². The van der Waals surface area contributed by atoms with Crippen LogP contribution in [0.4, 0.5) is 5.69 Å². The van der Waals surface area contributed by atoms with Gasteiger partial charge in [0.2, 0.25) is 0 Å². The van der Waals surface area contributed by atoms with Crippen molar-refractivity contribution in [3.05, 3.63) is 64.4 Å². The van der Waals surface area contributed by atoms with E-state index < -0.39 is 0 Å². The first kappa shape index (κ1) is 17.5. The Bertz CT molecular complexity index is 696. The summed E-state index contributed by atoms with van der Waals surface area (Å²) in [5, 5.41) is 8.91. The zero-order valence-electron chi connectivity index (χ0n) is 14.9. The minimum Gasteiger partial charge on any atom is -0.364 e. The number of anilines is 1. The summed E-state index contributed by atoms with van der Waals surface area (Å²) in [5.41, 5.74) is 2.49. The van der Waals surface area contributed by atoms with Gasteiger partial charge in [0.15, 0.2) is 5.96 Å². The summed E-state index contributed by atoms with van der Waals surface area (Å²) < 4.78 is 0. The number of hydrogen-bond acceptors (Lipinski definition) is 3. The van der Waals surface area contributed by atoms with Gasteiger partial charge in [-0.05, 0) is 43.0 Å². The third-order valence-corrected chi connectivity index (χ3v) is 5.26. The molecule has 1 aliphatic rings. The summed E-state index contributed by atoms with van der Waals surface area (Å²) in [6.45, 7) is 7.79. The monoisotopic (exact) mass is 354 g/mol. The van der Waals surface area contributed by atoms with E-state index in [9.17, 15) is 0 Å². The molecule has 4 nitrogen and oxygen atoms in total. The van der Waals surface area contributed by atoms with Gasteiger partial charge in [0, 0.05) is 30.2 Å². The molecule has 1 unspecified atom stereocenters. The van der Waals surface area contributed by atoms with Crippen LogP contribution in [0.15, 0.2) is 58.9 Å². The Kier molecular flexibility index (Phi) is 6.12. The van der Waals surface area contributed by atoms with Crippen molar-refractivity contribution in [2.75, 3.05) is 24.5 Å². The molecule has 0 radical (unpaired) electrons. The number of hydrogen-bond donors (Lipinski definition) is 2. The van der Waals surface area contributed by atoms with Crippen molar-refractivity contribution in [2.24, 2.45) is 4.99 Å². The van der Waals surface area contributed by atoms with E-state index in [4.69, 9.17) is 4.99 Å². The van der Waals surface area contributed by atoms with E-state index >= 15 is 0 Å². The average molecular weight is 355 g/mol. The summed E-state index contributed by atoms with van der Waals surface area (Å²) in [6.07, 6.45) is 4.42. The average Bonchev–Trinajstić information content (AvgIpc) is 3.33. The quantitative estimate of drug-likeness (QED) is 0.469. The lowest BCUT2D eigenvalue weighted by Gasteiger charge is -2.18. The van der Waals surface area contributed by atoms with Crippen LogP contribution in [0.25, 0.3) is 0 Å². The third kappa shape index (κ3) is 4.86. The lowest BCUT2D eigenvalue weighted by atomic mass is 10.2. The van der Waals surface area contributed by atoms with E-state index in [1.54, 1.807) is 11.3 Å². The van der Waals surface area contributed by atoms with Crippen molar-refractivity contribution in [3.8, 4) is 0 Å². The number of rotatable bonds is 6. The maximum Gasteiger partial charge on any atom is 0.192 e. The first-order chi connectivity index (χ1) is 12.3. The molecule has 0 saturated heterocycles. The second kappa shape index (κ2) is 8.72. The zero-order chi connectivity index (χ0) is 17.5. The molecule has 1 aliphatic heterocycles. The molecule has 1 aromatic heterocycles. The van der Waals surface area contributed by atoms with Crippen LogP contribution in [0.5, 0.6) is 0 Å². The summed E-state index contributed by atoms with van der Waals surface area (Å²) in [6, 6.07) is 13.2. The molecule has 1 aromatic carbocycles. The lowest BCUT2D eigenvalue weighted by Crippen LogP contribution is -2.38. The molecule has 3 rings (SSSR count). The standard InChI is InChI=1S/C20H26N4S/c1-3-21-20(23-16(2)19-7-6-14-25-19)22-15-17-8-10-18(11-9-17)24-12-4-5-13-24/h4-11,14,16H,3,12-13,15H2,1-2H3,(H2,21,22,23). The fraction of sp³-hybridized carbons (Fsp3) is 0.350. The highest BCUT2D eigenvalue weighted by molar-refractivity contribution is 7.10. The van der Waals surface area contributed by atoms with Gasteiger partial charge in [-0.3, -0.25) is 0 Å². The van der Waals surface area contributed by atoms with E-state index in [0.29, 0.717) is 6.54 Å². The highest BCUT2D eigenvalue weighted by Crippen LogP contribution is 2.19. The van der Waals surface area contributed by atoms with E-state index in [2.05, 4.69) is 83.3 Å². The summed E-state index contributed by atoms with van der Waals surface area (Å²) in [5.74, 6) is 0.858. The minimum atomic E-state index is 0.253. The van der Waals surface area contributed by atoms with Gasteiger partial charge in [0.1, 0.15) is 0 Å². The molecule has 1 atom stereocenters. The normalized spacial score (nSPS) is 15.4. The number of aliphatic imine (C=N–C) groups is 1. The third-order valence-electron chi connectivity index (χ3n) is 4.21. The van der Waals surface area contributed by atoms with Gasteiger partial charge in [-0.2, -0.15) is 0 Å². The van der Waals surface area contributed by atoms with Gasteiger partial charge in [0.05, 0.1) is 12.6 Å². The van der Waals surface area contributed by atoms with Crippen LogP contribution in [-0.4, -0.2) is 25.6 Å². The Morgan fingerprint density at radius 2 is 1.96 bits per heavy atom. The molecule has 2 N–H and O–H groups in total. The first-order valence-corrected chi connectivity index (χ1v) is 9.71. The molecule has 5 heteroatoms. The molecular weight excluding hydrogens is 328 g/mol. The molecule has 2 aromatic rings. The first-order valence-electron chi connectivity index (χ1n) is 8.83. The maximum absolute atomic E-state index is 4.73. The topological polar surface area (TPSA) is 39.7 Å². The fourth-order valence-electron chi connectivity index (χ4n) is 2.81. The van der Waals surface area contributed by atoms with Crippen molar-refractivity contribution in [3.63, 3.8) is 0 Å². The molecule has 25 heavy (non-hydrogen) atoms. The van der Waals surface area contributed by atoms with Crippen LogP contribution < -0.4 is 15.5 Å². The Morgan fingerprint density at radius 1 is 1.20 bits per heavy atom. The van der Waals surface area contributed by atoms with Gasteiger partial charge in [-0.25, -0.2) is 4.99 Å². The summed E-state index contributed by atoms with van der Waals surface area (Å²) in [4.78, 5) is 8.40. The molecule has 0 bridgehead atoms. The van der Waals surface area contributed by atoms with Crippen LogP contribution in [0.3, 0.4) is 0 Å². The summed E-state index contributed by atoms with van der Waals surface area (Å²) >= 11 is 1.76. The second-order valence-corrected chi connectivity index (χ2v) is 7.10. The Morgan fingerprint density at radius 3 is 2.60 bits per heavy atom. The van der Waals surface area contributed by atoms with Gasteiger partial charge < -0.3 is 15.5 Å². The van der Waals surface area contributed by atoms with E-state index in [-0.39, 0.29) is 6.04 Å². The van der Waals surface area contributed by atoms with Crippen molar-refractivity contribution >= 4 is 23.0 Å². The van der Waals surface area contributed by atoms with Crippen molar-refractivity contribution in [2.45, 2.75) is 26.4 Å². The number of nitrogens with zero attached hydrogens (tertiary/aromatic N) is 2. The van der Waals surface area contributed by atoms with Crippen LogP contribution in [0.1, 0.15) is 30.3 Å². The Hall–Kier alpha value is -2.27. The van der Waals surface area contributed by atoms with Gasteiger partial charge >= 0.3 is 0 Å². The van der Waals surface area contributed by atoms with E-state index in [1.807, 2.05) is 0 Å². The SMILES string of the molecule is CCNC(=NCc1ccc(N2CC=CC2)cc1)NC(C)c1cccs1. The number of guanidine groups is 1.